The molecule has 0 bridgehead atoms. The Morgan fingerprint density at radius 2 is 2.60 bits per heavy atom. The van der Waals surface area contributed by atoms with Gasteiger partial charge in [-0.25, -0.2) is 0 Å². The maximum Gasteiger partial charge on any atom is 0.249 e. The van der Waals surface area contributed by atoms with Gasteiger partial charge in [-0.2, -0.15) is 5.21 Å². The minimum Gasteiger partial charge on any atom is -0.368 e. The molecule has 0 saturated carbocycles. The highest BCUT2D eigenvalue weighted by molar-refractivity contribution is 5.81. The van der Waals surface area contributed by atoms with Gasteiger partial charge in [-0.1, -0.05) is 5.21 Å². The van der Waals surface area contributed by atoms with Crippen molar-refractivity contribution in [1.29, 1.82) is 0 Å². The van der Waals surface area contributed by atoms with Gasteiger partial charge >= 0.3 is 0 Å². The number of nitrogens with one attached hydrogen (secondary N) is 2. The van der Waals surface area contributed by atoms with Gasteiger partial charge in [-0.3, -0.25) is 4.79 Å². The van der Waals surface area contributed by atoms with Crippen LogP contribution in [0.25, 0.3) is 0 Å². The van der Waals surface area contributed by atoms with Crippen molar-refractivity contribution in [2.45, 2.75) is 31.9 Å². The Bertz CT molecular complexity index is 320. The van der Waals surface area contributed by atoms with Crippen molar-refractivity contribution in [2.75, 3.05) is 6.61 Å². The summed E-state index contributed by atoms with van der Waals surface area (Å²) in [6.07, 6.45) is 1.40. The Labute approximate surface area is 86.6 Å². The number of hydrogen-bond acceptors (Lipinski definition) is 5. The number of amides is 1. The third-order valence-electron chi connectivity index (χ3n) is 2.33. The van der Waals surface area contributed by atoms with E-state index in [2.05, 4.69) is 25.9 Å². The second kappa shape index (κ2) is 4.35. The summed E-state index contributed by atoms with van der Waals surface area (Å²) in [6, 6.07) is -0.250. The second-order valence-electron chi connectivity index (χ2n) is 3.50. The molecule has 7 heteroatoms. The highest BCUT2D eigenvalue weighted by Crippen LogP contribution is 2.13. The lowest BCUT2D eigenvalue weighted by atomic mass is 10.2. The van der Waals surface area contributed by atoms with Crippen LogP contribution in [0.2, 0.25) is 0 Å². The van der Waals surface area contributed by atoms with Crippen LogP contribution in [0.4, 0.5) is 0 Å². The number of aromatic nitrogens is 4. The molecule has 15 heavy (non-hydrogen) atoms. The van der Waals surface area contributed by atoms with Crippen LogP contribution in [0.1, 0.15) is 31.6 Å². The van der Waals surface area contributed by atoms with Gasteiger partial charge in [-0.05, 0) is 19.8 Å². The molecule has 82 valence electrons. The summed E-state index contributed by atoms with van der Waals surface area (Å²) in [5.41, 5.74) is 0. The number of carbonyl (C=O) groups excluding carboxylic acids is 1. The molecule has 2 heterocycles. The van der Waals surface area contributed by atoms with Crippen molar-refractivity contribution < 1.29 is 9.53 Å². The number of nitrogens with zero attached hydrogens (tertiary/aromatic N) is 3. The quantitative estimate of drug-likeness (QED) is 0.706. The maximum atomic E-state index is 11.6. The predicted octanol–water partition coefficient (Wildman–Crippen LogP) is -0.444. The highest BCUT2D eigenvalue weighted by atomic mass is 16.5. The molecule has 0 aromatic carbocycles. The maximum absolute atomic E-state index is 11.6. The molecule has 7 nitrogen and oxygen atoms in total. The zero-order valence-electron chi connectivity index (χ0n) is 8.43. The third-order valence-corrected chi connectivity index (χ3v) is 2.33. The number of tetrazole rings is 1. The summed E-state index contributed by atoms with van der Waals surface area (Å²) in [7, 11) is 0. The molecule has 2 rings (SSSR count). The van der Waals surface area contributed by atoms with Crippen molar-refractivity contribution in [1.82, 2.24) is 25.9 Å². The summed E-state index contributed by atoms with van der Waals surface area (Å²) in [5, 5.41) is 16.1. The van der Waals surface area contributed by atoms with E-state index in [1.807, 2.05) is 0 Å². The molecule has 2 atom stereocenters. The highest BCUT2D eigenvalue weighted by Gasteiger charge is 2.25. The van der Waals surface area contributed by atoms with E-state index in [9.17, 15) is 4.79 Å². The van der Waals surface area contributed by atoms with Gasteiger partial charge in [-0.15, -0.1) is 10.2 Å². The van der Waals surface area contributed by atoms with Gasteiger partial charge in [0.25, 0.3) is 0 Å². The molecule has 2 N–H and O–H groups in total. The first-order valence-electron chi connectivity index (χ1n) is 4.92. The first kappa shape index (κ1) is 10.0. The van der Waals surface area contributed by atoms with Gasteiger partial charge in [0.1, 0.15) is 6.10 Å². The second-order valence-corrected chi connectivity index (χ2v) is 3.50. The van der Waals surface area contributed by atoms with Crippen LogP contribution in [0.15, 0.2) is 0 Å². The van der Waals surface area contributed by atoms with Crippen LogP contribution < -0.4 is 5.32 Å². The summed E-state index contributed by atoms with van der Waals surface area (Å²) in [5.74, 6) is 0.367. The average Bonchev–Trinajstić information content (AvgIpc) is 2.91. The summed E-state index contributed by atoms with van der Waals surface area (Å²) < 4.78 is 5.26. The molecule has 1 unspecified atom stereocenters. The van der Waals surface area contributed by atoms with E-state index in [4.69, 9.17) is 4.74 Å². The smallest absolute Gasteiger partial charge is 0.249 e. The topological polar surface area (TPSA) is 92.8 Å². The van der Waals surface area contributed by atoms with E-state index in [1.165, 1.54) is 0 Å². The fourth-order valence-electron chi connectivity index (χ4n) is 1.51. The van der Waals surface area contributed by atoms with Gasteiger partial charge < -0.3 is 10.1 Å². The van der Waals surface area contributed by atoms with E-state index in [0.29, 0.717) is 12.4 Å². The van der Waals surface area contributed by atoms with E-state index >= 15 is 0 Å². The lowest BCUT2D eigenvalue weighted by Gasteiger charge is -2.13. The number of rotatable bonds is 3. The third kappa shape index (κ3) is 2.30. The van der Waals surface area contributed by atoms with Crippen LogP contribution >= 0.6 is 0 Å². The standard InChI is InChI=1S/C8H13N5O2/c1-5(7-10-12-13-11-7)9-8(14)6-3-2-4-15-6/h5-6H,2-4H2,1H3,(H,9,14)(H,10,11,12,13)/t5?,6-/m0/s1. The lowest BCUT2D eigenvalue weighted by Crippen LogP contribution is -2.36. The number of carbonyl (C=O) groups is 1. The fourth-order valence-corrected chi connectivity index (χ4v) is 1.51. The minimum absolute atomic E-state index is 0.107. The molecule has 0 aliphatic carbocycles. The molecule has 0 spiro atoms. The first-order chi connectivity index (χ1) is 7.27. The Balaban J connectivity index is 1.88. The number of H-pyrrole nitrogens is 1. The van der Waals surface area contributed by atoms with Crippen molar-refractivity contribution in [3.63, 3.8) is 0 Å². The zero-order valence-corrected chi connectivity index (χ0v) is 8.43. The number of ether oxygens (including phenoxy) is 1. The molecule has 1 aromatic rings. The van der Waals surface area contributed by atoms with E-state index in [1.54, 1.807) is 6.92 Å². The predicted molar refractivity (Wildman–Crippen MR) is 49.7 cm³/mol. The monoisotopic (exact) mass is 211 g/mol. The van der Waals surface area contributed by atoms with Crippen LogP contribution in [0.5, 0.6) is 0 Å². The summed E-state index contributed by atoms with van der Waals surface area (Å²) in [4.78, 5) is 11.6. The van der Waals surface area contributed by atoms with Crippen molar-refractivity contribution in [3.8, 4) is 0 Å². The molecular weight excluding hydrogens is 198 g/mol. The van der Waals surface area contributed by atoms with Crippen LogP contribution in [0.3, 0.4) is 0 Å². The zero-order chi connectivity index (χ0) is 10.7. The van der Waals surface area contributed by atoms with Gasteiger partial charge in [0.15, 0.2) is 5.82 Å². The Morgan fingerprint density at radius 3 is 3.20 bits per heavy atom. The van der Waals surface area contributed by atoms with Gasteiger partial charge in [0.05, 0.1) is 6.04 Å². The molecule has 1 aromatic heterocycles. The van der Waals surface area contributed by atoms with E-state index in [0.717, 1.165) is 12.8 Å². The van der Waals surface area contributed by atoms with Gasteiger partial charge in [0, 0.05) is 6.61 Å². The molecule has 1 aliphatic heterocycles. The van der Waals surface area contributed by atoms with Crippen LogP contribution in [-0.2, 0) is 9.53 Å². The van der Waals surface area contributed by atoms with Crippen molar-refractivity contribution >= 4 is 5.91 Å². The van der Waals surface area contributed by atoms with Crippen molar-refractivity contribution in [3.05, 3.63) is 5.82 Å². The normalized spacial score (nSPS) is 22.6. The van der Waals surface area contributed by atoms with Crippen molar-refractivity contribution in [2.24, 2.45) is 0 Å². The molecule has 1 aliphatic rings. The summed E-state index contributed by atoms with van der Waals surface area (Å²) in [6.45, 7) is 2.46. The number of hydrogen-bond donors (Lipinski definition) is 2. The summed E-state index contributed by atoms with van der Waals surface area (Å²) >= 11 is 0. The Kier molecular flexibility index (Phi) is 2.91. The molecular formula is C8H13N5O2. The fraction of sp³-hybridized carbons (Fsp3) is 0.750. The Hall–Kier alpha value is -1.50. The molecule has 1 fully saturated rings. The van der Waals surface area contributed by atoms with Gasteiger partial charge in [0.2, 0.25) is 5.91 Å². The number of aromatic amines is 1. The van der Waals surface area contributed by atoms with Crippen LogP contribution in [0, 0.1) is 0 Å². The largest absolute Gasteiger partial charge is 0.368 e. The molecule has 1 saturated heterocycles. The first-order valence-corrected chi connectivity index (χ1v) is 4.92. The Morgan fingerprint density at radius 1 is 1.73 bits per heavy atom. The molecule has 1 amide bonds. The SMILES string of the molecule is CC(NC(=O)[C@@H]1CCCO1)c1nn[nH]n1. The van der Waals surface area contributed by atoms with Crippen LogP contribution in [-0.4, -0.2) is 39.2 Å². The average molecular weight is 211 g/mol. The van der Waals surface area contributed by atoms with E-state index < -0.39 is 0 Å². The minimum atomic E-state index is -0.320. The van der Waals surface area contributed by atoms with E-state index in [-0.39, 0.29) is 18.1 Å². The lowest BCUT2D eigenvalue weighted by molar-refractivity contribution is -0.130. The molecule has 0 radical (unpaired) electrons.